The minimum atomic E-state index is -0.724. The average molecular weight is 362 g/mol. The zero-order chi connectivity index (χ0) is 18.2. The number of nitrogens with zero attached hydrogens (tertiary/aromatic N) is 2. The van der Waals surface area contributed by atoms with Crippen LogP contribution in [0, 0.1) is 10.1 Å². The number of nitrogens with one attached hydrogen (secondary N) is 1. The molecule has 0 aliphatic carbocycles. The smallest absolute Gasteiger partial charge is 0.331 e. The summed E-state index contributed by atoms with van der Waals surface area (Å²) in [6, 6.07) is 8.68. The Morgan fingerprint density at radius 2 is 1.96 bits per heavy atom. The van der Waals surface area contributed by atoms with Crippen LogP contribution in [-0.2, 0) is 14.3 Å². The van der Waals surface area contributed by atoms with Gasteiger partial charge in [0.1, 0.15) is 5.82 Å². The van der Waals surface area contributed by atoms with Gasteiger partial charge in [-0.05, 0) is 35.9 Å². The number of hydrogen-bond donors (Lipinski definition) is 1. The first-order chi connectivity index (χ1) is 11.9. The molecule has 0 aliphatic heterocycles. The normalized spacial score (nSPS) is 10.4. The fourth-order valence-electron chi connectivity index (χ4n) is 1.68. The van der Waals surface area contributed by atoms with Crippen LogP contribution in [0.15, 0.2) is 48.7 Å². The Morgan fingerprint density at radius 3 is 2.56 bits per heavy atom. The molecule has 0 fully saturated rings. The van der Waals surface area contributed by atoms with E-state index < -0.39 is 23.4 Å². The van der Waals surface area contributed by atoms with Gasteiger partial charge in [-0.3, -0.25) is 14.9 Å². The number of non-ortho nitro benzene ring substituents is 1. The second-order valence-electron chi connectivity index (χ2n) is 4.70. The van der Waals surface area contributed by atoms with Gasteiger partial charge in [0.15, 0.2) is 6.61 Å². The monoisotopic (exact) mass is 361 g/mol. The summed E-state index contributed by atoms with van der Waals surface area (Å²) >= 11 is 5.67. The van der Waals surface area contributed by atoms with E-state index in [9.17, 15) is 19.7 Å². The molecule has 2 rings (SSSR count). The lowest BCUT2D eigenvalue weighted by Crippen LogP contribution is -2.20. The summed E-state index contributed by atoms with van der Waals surface area (Å²) in [6.07, 6.45) is 3.91. The van der Waals surface area contributed by atoms with E-state index >= 15 is 0 Å². The average Bonchev–Trinajstić information content (AvgIpc) is 2.60. The van der Waals surface area contributed by atoms with Gasteiger partial charge < -0.3 is 10.1 Å². The largest absolute Gasteiger partial charge is 0.452 e. The summed E-state index contributed by atoms with van der Waals surface area (Å²) in [7, 11) is 0. The molecule has 0 spiro atoms. The number of carbonyl (C=O) groups excluding carboxylic acids is 2. The molecule has 1 amide bonds. The number of anilines is 1. The minimum absolute atomic E-state index is 0.0489. The van der Waals surface area contributed by atoms with E-state index in [2.05, 4.69) is 10.3 Å². The Kier molecular flexibility index (Phi) is 6.19. The topological polar surface area (TPSA) is 111 Å². The number of nitro groups is 1. The third-order valence-corrected chi connectivity index (χ3v) is 3.08. The molecule has 128 valence electrons. The van der Waals surface area contributed by atoms with Crippen LogP contribution in [0.1, 0.15) is 5.56 Å². The van der Waals surface area contributed by atoms with Gasteiger partial charge in [0.05, 0.1) is 9.95 Å². The SMILES string of the molecule is O=C(COC(=O)C=Cc1ccc([N+](=O)[O-])cc1)Nc1ccc(Cl)cn1. The van der Waals surface area contributed by atoms with Crippen LogP contribution in [0.2, 0.25) is 5.02 Å². The molecule has 0 aliphatic rings. The highest BCUT2D eigenvalue weighted by Gasteiger charge is 2.07. The van der Waals surface area contributed by atoms with Crippen LogP contribution in [0.3, 0.4) is 0 Å². The van der Waals surface area contributed by atoms with Crippen LogP contribution < -0.4 is 5.32 Å². The van der Waals surface area contributed by atoms with Gasteiger partial charge in [-0.25, -0.2) is 9.78 Å². The Labute approximate surface area is 147 Å². The number of aromatic nitrogens is 1. The molecular weight excluding hydrogens is 350 g/mol. The van der Waals surface area contributed by atoms with Gasteiger partial charge in [0.2, 0.25) is 0 Å². The van der Waals surface area contributed by atoms with Crippen molar-refractivity contribution in [1.82, 2.24) is 4.98 Å². The number of esters is 1. The van der Waals surface area contributed by atoms with Crippen molar-refractivity contribution in [3.05, 3.63) is 69.4 Å². The van der Waals surface area contributed by atoms with Gasteiger partial charge in [0, 0.05) is 24.4 Å². The molecule has 1 heterocycles. The highest BCUT2D eigenvalue weighted by Crippen LogP contribution is 2.13. The third-order valence-electron chi connectivity index (χ3n) is 2.86. The summed E-state index contributed by atoms with van der Waals surface area (Å²) in [5.74, 6) is -0.989. The predicted molar refractivity (Wildman–Crippen MR) is 91.0 cm³/mol. The van der Waals surface area contributed by atoms with Crippen LogP contribution >= 0.6 is 11.6 Å². The molecule has 0 atom stereocenters. The van der Waals surface area contributed by atoms with Crippen molar-refractivity contribution in [1.29, 1.82) is 0 Å². The van der Waals surface area contributed by atoms with Crippen LogP contribution in [0.25, 0.3) is 6.08 Å². The van der Waals surface area contributed by atoms with Gasteiger partial charge in [0.25, 0.3) is 11.6 Å². The fraction of sp³-hybridized carbons (Fsp3) is 0.0625. The lowest BCUT2D eigenvalue weighted by atomic mass is 10.2. The molecule has 25 heavy (non-hydrogen) atoms. The molecule has 0 unspecified atom stereocenters. The first-order valence-electron chi connectivity index (χ1n) is 6.95. The number of pyridine rings is 1. The maximum atomic E-state index is 11.6. The first-order valence-corrected chi connectivity index (χ1v) is 7.32. The van der Waals surface area contributed by atoms with Crippen molar-refractivity contribution >= 4 is 41.1 Å². The molecule has 9 heteroatoms. The maximum Gasteiger partial charge on any atom is 0.331 e. The molecule has 0 saturated heterocycles. The summed E-state index contributed by atoms with van der Waals surface area (Å²) in [5, 5.41) is 13.4. The summed E-state index contributed by atoms with van der Waals surface area (Å²) in [6.45, 7) is -0.478. The number of benzene rings is 1. The summed E-state index contributed by atoms with van der Waals surface area (Å²) in [4.78, 5) is 37.1. The molecule has 0 saturated carbocycles. The fourth-order valence-corrected chi connectivity index (χ4v) is 1.80. The number of amides is 1. The number of hydrogen-bond acceptors (Lipinski definition) is 6. The maximum absolute atomic E-state index is 11.6. The lowest BCUT2D eigenvalue weighted by molar-refractivity contribution is -0.384. The van der Waals surface area contributed by atoms with E-state index in [1.807, 2.05) is 0 Å². The van der Waals surface area contributed by atoms with Gasteiger partial charge >= 0.3 is 5.97 Å². The number of ether oxygens (including phenoxy) is 1. The van der Waals surface area contributed by atoms with Crippen LogP contribution in [0.4, 0.5) is 11.5 Å². The van der Waals surface area contributed by atoms with Crippen molar-refractivity contribution in [2.24, 2.45) is 0 Å². The minimum Gasteiger partial charge on any atom is -0.452 e. The van der Waals surface area contributed by atoms with E-state index in [4.69, 9.17) is 16.3 Å². The highest BCUT2D eigenvalue weighted by molar-refractivity contribution is 6.30. The number of carbonyl (C=O) groups is 2. The lowest BCUT2D eigenvalue weighted by Gasteiger charge is -2.04. The van der Waals surface area contributed by atoms with Gasteiger partial charge in [-0.2, -0.15) is 0 Å². The Morgan fingerprint density at radius 1 is 1.24 bits per heavy atom. The van der Waals surface area contributed by atoms with Crippen molar-refractivity contribution in [2.75, 3.05) is 11.9 Å². The second kappa shape index (κ2) is 8.55. The molecule has 0 radical (unpaired) electrons. The molecule has 1 aromatic carbocycles. The molecular formula is C16H12ClN3O5. The first kappa shape index (κ1) is 18.1. The van der Waals surface area contributed by atoms with Crippen LogP contribution in [0.5, 0.6) is 0 Å². The molecule has 0 bridgehead atoms. The van der Waals surface area contributed by atoms with Crippen molar-refractivity contribution < 1.29 is 19.2 Å². The number of nitro benzene ring substituents is 1. The van der Waals surface area contributed by atoms with Crippen molar-refractivity contribution in [3.8, 4) is 0 Å². The van der Waals surface area contributed by atoms with Crippen molar-refractivity contribution in [3.63, 3.8) is 0 Å². The molecule has 1 N–H and O–H groups in total. The quantitative estimate of drug-likeness (QED) is 0.366. The highest BCUT2D eigenvalue weighted by atomic mass is 35.5. The molecule has 1 aromatic heterocycles. The van der Waals surface area contributed by atoms with Crippen molar-refractivity contribution in [2.45, 2.75) is 0 Å². The van der Waals surface area contributed by atoms with Gasteiger partial charge in [-0.15, -0.1) is 0 Å². The Balaban J connectivity index is 1.80. The third kappa shape index (κ3) is 6.04. The summed E-state index contributed by atoms with van der Waals surface area (Å²) in [5.41, 5.74) is 0.532. The molecule has 8 nitrogen and oxygen atoms in total. The predicted octanol–water partition coefficient (Wildman–Crippen LogP) is 2.84. The van der Waals surface area contributed by atoms with E-state index in [0.29, 0.717) is 10.6 Å². The number of rotatable bonds is 6. The van der Waals surface area contributed by atoms with E-state index in [0.717, 1.165) is 6.08 Å². The zero-order valence-electron chi connectivity index (χ0n) is 12.7. The molecule has 2 aromatic rings. The van der Waals surface area contributed by atoms with Gasteiger partial charge in [-0.1, -0.05) is 11.6 Å². The van der Waals surface area contributed by atoms with E-state index in [1.165, 1.54) is 42.6 Å². The van der Waals surface area contributed by atoms with E-state index in [1.54, 1.807) is 6.07 Å². The zero-order valence-corrected chi connectivity index (χ0v) is 13.5. The summed E-state index contributed by atoms with van der Waals surface area (Å²) < 4.78 is 4.78. The number of halogens is 1. The second-order valence-corrected chi connectivity index (χ2v) is 5.14. The Hall–Kier alpha value is -3.26. The Bertz CT molecular complexity index is 804. The van der Waals surface area contributed by atoms with E-state index in [-0.39, 0.29) is 11.5 Å². The standard InChI is InChI=1S/C16H12ClN3O5/c17-12-4-7-14(18-9-12)19-15(21)10-25-16(22)8-3-11-1-5-13(6-2-11)20(23)24/h1-9H,10H2,(H,18,19,21). The van der Waals surface area contributed by atoms with Crippen LogP contribution in [-0.4, -0.2) is 28.4 Å².